The number of carbonyl (C=O) groups is 4. The van der Waals surface area contributed by atoms with Crippen molar-refractivity contribution in [3.63, 3.8) is 0 Å². The Morgan fingerprint density at radius 3 is 1.92 bits per heavy atom. The molecule has 2 rings (SSSR count). The predicted molar refractivity (Wildman–Crippen MR) is 149 cm³/mol. The maximum Gasteiger partial charge on any atom is 0.408 e. The van der Waals surface area contributed by atoms with Crippen molar-refractivity contribution in [3.8, 4) is 5.75 Å². The fraction of sp³-hybridized carbons (Fsp3) is 0.429. The van der Waals surface area contributed by atoms with Crippen LogP contribution in [-0.4, -0.2) is 71.8 Å². The number of ether oxygens (including phenoxy) is 2. The van der Waals surface area contributed by atoms with Gasteiger partial charge in [-0.1, -0.05) is 42.5 Å². The zero-order valence-corrected chi connectivity index (χ0v) is 23.7. The topological polar surface area (TPSA) is 143 Å². The number of benzene rings is 2. The number of esters is 1. The number of aromatic hydroxyl groups is 1. The fourth-order valence-electron chi connectivity index (χ4n) is 3.61. The van der Waals surface area contributed by atoms with E-state index in [0.29, 0.717) is 5.56 Å². The quantitative estimate of drug-likeness (QED) is 0.291. The van der Waals surface area contributed by atoms with Gasteiger partial charge in [0, 0.05) is 18.6 Å². The highest BCUT2D eigenvalue weighted by Crippen LogP contribution is 2.13. The van der Waals surface area contributed by atoms with Crippen LogP contribution in [0.15, 0.2) is 54.6 Å². The largest absolute Gasteiger partial charge is 0.508 e. The lowest BCUT2D eigenvalue weighted by Gasteiger charge is -2.26. The number of amides is 3. The Morgan fingerprint density at radius 1 is 0.821 bits per heavy atom. The molecule has 10 nitrogen and oxygen atoms in total. The standard InChI is InChI=1S/C28H37N3O7S/c1-28(2,3)38-27(36)31-21(15-18-9-7-6-8-10-18)24(33)30-23(17-39-5)25(34)29-22(26(35)37-4)16-19-11-13-20(32)14-12-19/h6-14,21-23,32H,15-17H2,1-5H3,(H,29,34)(H,30,33)(H,31,36)/t21-,22+,23+/m1/s1. The normalized spacial score (nSPS) is 13.4. The summed E-state index contributed by atoms with van der Waals surface area (Å²) in [5.74, 6) is -1.52. The number of hydrogen-bond acceptors (Lipinski definition) is 8. The number of nitrogens with one attached hydrogen (secondary N) is 3. The van der Waals surface area contributed by atoms with Crippen LogP contribution in [0.4, 0.5) is 4.79 Å². The summed E-state index contributed by atoms with van der Waals surface area (Å²) in [7, 11) is 1.22. The molecule has 4 N–H and O–H groups in total. The van der Waals surface area contributed by atoms with E-state index in [9.17, 15) is 24.3 Å². The second-order valence-corrected chi connectivity index (χ2v) is 10.8. The molecule has 0 aromatic heterocycles. The molecule has 3 atom stereocenters. The van der Waals surface area contributed by atoms with Crippen LogP contribution < -0.4 is 16.0 Å². The predicted octanol–water partition coefficient (Wildman–Crippen LogP) is 2.58. The number of thioether (sulfide) groups is 1. The van der Waals surface area contributed by atoms with Gasteiger partial charge in [0.2, 0.25) is 11.8 Å². The van der Waals surface area contributed by atoms with Crippen LogP contribution in [0.2, 0.25) is 0 Å². The monoisotopic (exact) mass is 559 g/mol. The summed E-state index contributed by atoms with van der Waals surface area (Å²) in [5, 5.41) is 17.5. The van der Waals surface area contributed by atoms with Crippen molar-refractivity contribution in [2.24, 2.45) is 0 Å². The van der Waals surface area contributed by atoms with Gasteiger partial charge in [-0.05, 0) is 50.3 Å². The van der Waals surface area contributed by atoms with Crippen LogP contribution in [0.3, 0.4) is 0 Å². The van der Waals surface area contributed by atoms with Crippen molar-refractivity contribution in [2.45, 2.75) is 57.3 Å². The van der Waals surface area contributed by atoms with Gasteiger partial charge in [0.25, 0.3) is 0 Å². The third-order valence-corrected chi connectivity index (χ3v) is 6.10. The molecule has 0 unspecified atom stereocenters. The molecule has 0 fully saturated rings. The average Bonchev–Trinajstić information content (AvgIpc) is 2.87. The molecule has 11 heteroatoms. The molecule has 2 aromatic rings. The highest BCUT2D eigenvalue weighted by molar-refractivity contribution is 7.98. The maximum absolute atomic E-state index is 13.4. The molecule has 39 heavy (non-hydrogen) atoms. The van der Waals surface area contributed by atoms with Crippen molar-refractivity contribution < 1.29 is 33.8 Å². The molecule has 0 bridgehead atoms. The molecular weight excluding hydrogens is 522 g/mol. The van der Waals surface area contributed by atoms with Crippen LogP contribution in [0.25, 0.3) is 0 Å². The highest BCUT2D eigenvalue weighted by Gasteiger charge is 2.31. The van der Waals surface area contributed by atoms with E-state index >= 15 is 0 Å². The van der Waals surface area contributed by atoms with Crippen LogP contribution in [-0.2, 0) is 36.7 Å². The highest BCUT2D eigenvalue weighted by atomic mass is 32.2. The summed E-state index contributed by atoms with van der Waals surface area (Å²) in [6, 6.07) is 12.3. The molecule has 0 spiro atoms. The van der Waals surface area contributed by atoms with Crippen LogP contribution in [0, 0.1) is 0 Å². The van der Waals surface area contributed by atoms with E-state index in [1.807, 2.05) is 30.3 Å². The molecule has 0 saturated heterocycles. The summed E-state index contributed by atoms with van der Waals surface area (Å²) >= 11 is 1.33. The number of methoxy groups -OCH3 is 1. The van der Waals surface area contributed by atoms with Gasteiger partial charge in [-0.15, -0.1) is 0 Å². The molecule has 3 amide bonds. The Bertz CT molecular complexity index is 1100. The molecule has 0 radical (unpaired) electrons. The Labute approximate surface area is 233 Å². The zero-order valence-electron chi connectivity index (χ0n) is 22.9. The first-order chi connectivity index (χ1) is 18.4. The van der Waals surface area contributed by atoms with Gasteiger partial charge in [-0.2, -0.15) is 11.8 Å². The van der Waals surface area contributed by atoms with E-state index in [2.05, 4.69) is 16.0 Å². The van der Waals surface area contributed by atoms with E-state index in [0.717, 1.165) is 5.56 Å². The minimum absolute atomic E-state index is 0.0743. The lowest BCUT2D eigenvalue weighted by atomic mass is 10.0. The SMILES string of the molecule is COC(=O)[C@H](Cc1ccc(O)cc1)NC(=O)[C@H](CSC)NC(=O)[C@@H](Cc1ccccc1)NC(=O)OC(C)(C)C. The third kappa shape index (κ3) is 11.3. The minimum Gasteiger partial charge on any atom is -0.508 e. The van der Waals surface area contributed by atoms with Crippen LogP contribution >= 0.6 is 11.8 Å². The summed E-state index contributed by atoms with van der Waals surface area (Å²) < 4.78 is 10.2. The van der Waals surface area contributed by atoms with E-state index in [1.165, 1.54) is 31.0 Å². The van der Waals surface area contributed by atoms with Gasteiger partial charge in [0.1, 0.15) is 29.5 Å². The Kier molecular flexibility index (Phi) is 12.1. The maximum atomic E-state index is 13.4. The lowest BCUT2D eigenvalue weighted by molar-refractivity contribution is -0.145. The molecule has 0 aliphatic heterocycles. The van der Waals surface area contributed by atoms with Crippen molar-refractivity contribution >= 4 is 35.6 Å². The first-order valence-electron chi connectivity index (χ1n) is 12.4. The Balaban J connectivity index is 2.19. The van der Waals surface area contributed by atoms with Crippen LogP contribution in [0.1, 0.15) is 31.9 Å². The molecule has 212 valence electrons. The number of phenols is 1. The first kappa shape index (κ1) is 31.5. The van der Waals surface area contributed by atoms with E-state index in [1.54, 1.807) is 39.2 Å². The zero-order chi connectivity index (χ0) is 29.0. The number of carbonyl (C=O) groups excluding carboxylic acids is 4. The number of rotatable bonds is 12. The average molecular weight is 560 g/mol. The minimum atomic E-state index is -1.02. The van der Waals surface area contributed by atoms with Gasteiger partial charge in [0.15, 0.2) is 0 Å². The molecular formula is C28H37N3O7S. The fourth-order valence-corrected chi connectivity index (χ4v) is 4.17. The van der Waals surface area contributed by atoms with E-state index in [-0.39, 0.29) is 24.3 Å². The molecule has 2 aromatic carbocycles. The summed E-state index contributed by atoms with van der Waals surface area (Å²) in [5.41, 5.74) is 0.733. The van der Waals surface area contributed by atoms with Crippen LogP contribution in [0.5, 0.6) is 5.75 Å². The van der Waals surface area contributed by atoms with E-state index < -0.39 is 47.6 Å². The van der Waals surface area contributed by atoms with Crippen molar-refractivity contribution in [1.82, 2.24) is 16.0 Å². The second-order valence-electron chi connectivity index (χ2n) is 9.86. The first-order valence-corrected chi connectivity index (χ1v) is 13.8. The van der Waals surface area contributed by atoms with Crippen molar-refractivity contribution in [2.75, 3.05) is 19.1 Å². The summed E-state index contributed by atoms with van der Waals surface area (Å²) in [6.45, 7) is 5.15. The lowest BCUT2D eigenvalue weighted by Crippen LogP contribution is -2.57. The number of phenolic OH excluding ortho intramolecular Hbond substituents is 1. The smallest absolute Gasteiger partial charge is 0.408 e. The van der Waals surface area contributed by atoms with Gasteiger partial charge in [0.05, 0.1) is 7.11 Å². The molecule has 0 saturated carbocycles. The van der Waals surface area contributed by atoms with Crippen molar-refractivity contribution in [3.05, 3.63) is 65.7 Å². The van der Waals surface area contributed by atoms with Crippen molar-refractivity contribution in [1.29, 1.82) is 0 Å². The van der Waals surface area contributed by atoms with E-state index in [4.69, 9.17) is 9.47 Å². The van der Waals surface area contributed by atoms with Gasteiger partial charge in [-0.3, -0.25) is 9.59 Å². The Hall–Kier alpha value is -3.73. The molecule has 0 aliphatic carbocycles. The van der Waals surface area contributed by atoms with Gasteiger partial charge < -0.3 is 30.5 Å². The third-order valence-electron chi connectivity index (χ3n) is 5.43. The van der Waals surface area contributed by atoms with Gasteiger partial charge >= 0.3 is 12.1 Å². The Morgan fingerprint density at radius 2 is 1.36 bits per heavy atom. The second kappa shape index (κ2) is 15.0. The summed E-state index contributed by atoms with van der Waals surface area (Å²) in [4.78, 5) is 51.5. The summed E-state index contributed by atoms with van der Waals surface area (Å²) in [6.07, 6.45) is 1.31. The van der Waals surface area contributed by atoms with Gasteiger partial charge in [-0.25, -0.2) is 9.59 Å². The molecule has 0 heterocycles. The molecule has 0 aliphatic rings. The number of alkyl carbamates (subject to hydrolysis) is 1. The number of hydrogen-bond donors (Lipinski definition) is 4.